The van der Waals surface area contributed by atoms with Crippen molar-refractivity contribution in [1.82, 2.24) is 14.3 Å². The highest BCUT2D eigenvalue weighted by Gasteiger charge is 2.39. The van der Waals surface area contributed by atoms with Gasteiger partial charge >= 0.3 is 0 Å². The summed E-state index contributed by atoms with van der Waals surface area (Å²) in [5.41, 5.74) is -0.828. The number of hydrogen-bond acceptors (Lipinski definition) is 6. The zero-order valence-electron chi connectivity index (χ0n) is 20.3. The summed E-state index contributed by atoms with van der Waals surface area (Å²) in [6.07, 6.45) is 8.37. The van der Waals surface area contributed by atoms with Crippen molar-refractivity contribution >= 4 is 49.2 Å². The number of pyridine rings is 1. The number of halogens is 2. The zero-order valence-corrected chi connectivity index (χ0v) is 21.1. The fourth-order valence-corrected chi connectivity index (χ4v) is 6.20. The maximum absolute atomic E-state index is 15.2. The summed E-state index contributed by atoms with van der Waals surface area (Å²) >= 11 is 0. The fourth-order valence-electron chi connectivity index (χ4n) is 4.92. The average molecular weight is 554 g/mol. The number of H-pyrrole nitrogens is 1. The lowest BCUT2D eigenvalue weighted by atomic mass is 9.95. The highest BCUT2D eigenvalue weighted by Crippen LogP contribution is 2.40. The van der Waals surface area contributed by atoms with Gasteiger partial charge in [0.2, 0.25) is 15.6 Å². The first kappa shape index (κ1) is 25.0. The van der Waals surface area contributed by atoms with Crippen LogP contribution in [0.3, 0.4) is 0 Å². The highest BCUT2D eigenvalue weighted by atomic mass is 32.2. The second-order valence-electron chi connectivity index (χ2n) is 9.54. The van der Waals surface area contributed by atoms with E-state index in [0.29, 0.717) is 19.3 Å². The molecule has 1 saturated carbocycles. The third-order valence-electron chi connectivity index (χ3n) is 6.92. The molecule has 0 atom stereocenters. The molecular formula is C27H21F2N3O6S. The molecule has 0 unspecified atom stereocenters. The Balaban J connectivity index is 1.71. The minimum atomic E-state index is -4.04. The number of benzene rings is 1. The molecule has 2 N–H and O–H groups in total. The Bertz CT molecular complexity index is 1930. The number of Topliss-reactive ketones (excluding diaryl/α,β-unsaturated/α-hetero) is 1. The summed E-state index contributed by atoms with van der Waals surface area (Å²) in [6.45, 7) is -0.443. The number of hydrogen-bond donors (Lipinski definition) is 2. The summed E-state index contributed by atoms with van der Waals surface area (Å²) in [5, 5.41) is -0.465. The van der Waals surface area contributed by atoms with E-state index in [9.17, 15) is 27.2 Å². The number of fused-ring (bicyclic) bond motifs is 3. The smallest absolute Gasteiger partial charge is 0.282 e. The number of carbonyl (C=O) groups is 2. The van der Waals surface area contributed by atoms with E-state index in [0.717, 1.165) is 18.3 Å². The molecule has 6 rings (SSSR count). The van der Waals surface area contributed by atoms with E-state index in [4.69, 9.17) is 4.42 Å². The summed E-state index contributed by atoms with van der Waals surface area (Å²) in [5.74, 6) is -2.91. The van der Waals surface area contributed by atoms with Crippen molar-refractivity contribution in [2.45, 2.75) is 37.5 Å². The number of ketones is 1. The Kier molecular flexibility index (Phi) is 5.87. The van der Waals surface area contributed by atoms with Crippen LogP contribution in [0.25, 0.3) is 27.4 Å². The molecule has 0 radical (unpaired) electrons. The molecule has 1 aromatic carbocycles. The van der Waals surface area contributed by atoms with Crippen molar-refractivity contribution in [1.29, 1.82) is 0 Å². The Morgan fingerprint density at radius 3 is 2.74 bits per heavy atom. The molecule has 3 heterocycles. The predicted octanol–water partition coefficient (Wildman–Crippen LogP) is 3.93. The van der Waals surface area contributed by atoms with Gasteiger partial charge in [-0.2, -0.15) is 0 Å². The van der Waals surface area contributed by atoms with E-state index in [2.05, 4.69) is 9.71 Å². The van der Waals surface area contributed by atoms with Crippen LogP contribution < -0.4 is 10.3 Å². The number of aromatic amines is 1. The number of carbonyl (C=O) groups excluding carboxylic acids is 2. The molecule has 200 valence electrons. The lowest BCUT2D eigenvalue weighted by Crippen LogP contribution is -2.35. The van der Waals surface area contributed by atoms with E-state index < -0.39 is 44.9 Å². The van der Waals surface area contributed by atoms with Crippen LogP contribution in [0, 0.1) is 11.6 Å². The minimum Gasteiger partial charge on any atom is -0.463 e. The van der Waals surface area contributed by atoms with Gasteiger partial charge in [0, 0.05) is 35.4 Å². The van der Waals surface area contributed by atoms with Crippen molar-refractivity contribution in [2.75, 3.05) is 0 Å². The van der Waals surface area contributed by atoms with Crippen LogP contribution >= 0.6 is 0 Å². The number of nitrogens with one attached hydrogen (secondary N) is 2. The van der Waals surface area contributed by atoms with Crippen LogP contribution in [0.4, 0.5) is 8.78 Å². The summed E-state index contributed by atoms with van der Waals surface area (Å²) in [7, 11) is -4.04. The van der Waals surface area contributed by atoms with Crippen molar-refractivity contribution in [2.24, 2.45) is 0 Å². The first-order valence-corrected chi connectivity index (χ1v) is 13.8. The number of amides is 1. The Morgan fingerprint density at radius 1 is 1.18 bits per heavy atom. The SMILES string of the molecule is O=C1CCC=CC=C1c1c(C(=O)NS(=O)(=O)C2CC2)n(Cc2cc(=O)[nH]cc2F)c2cc(F)c3ccoc3c12. The van der Waals surface area contributed by atoms with Gasteiger partial charge in [-0.3, -0.25) is 14.4 Å². The lowest BCUT2D eigenvalue weighted by molar-refractivity contribution is -0.113. The van der Waals surface area contributed by atoms with Crippen molar-refractivity contribution in [3.8, 4) is 0 Å². The first-order valence-electron chi connectivity index (χ1n) is 12.2. The largest absolute Gasteiger partial charge is 0.463 e. The normalized spacial score (nSPS) is 16.1. The molecule has 0 bridgehead atoms. The molecule has 2 aliphatic carbocycles. The zero-order chi connectivity index (χ0) is 27.5. The Morgan fingerprint density at radius 2 is 1.97 bits per heavy atom. The van der Waals surface area contributed by atoms with Gasteiger partial charge in [0.15, 0.2) is 5.78 Å². The van der Waals surface area contributed by atoms with Gasteiger partial charge in [-0.05, 0) is 31.4 Å². The number of allylic oxidation sites excluding steroid dienone is 4. The summed E-state index contributed by atoms with van der Waals surface area (Å²) in [6, 6.07) is 3.50. The molecule has 3 aromatic heterocycles. The van der Waals surface area contributed by atoms with Crippen molar-refractivity contribution in [3.63, 3.8) is 0 Å². The first-order chi connectivity index (χ1) is 18.7. The highest BCUT2D eigenvalue weighted by molar-refractivity contribution is 7.91. The topological polar surface area (TPSA) is 131 Å². The molecule has 0 aliphatic heterocycles. The van der Waals surface area contributed by atoms with E-state index in [-0.39, 0.29) is 56.5 Å². The molecule has 2 aliphatic rings. The van der Waals surface area contributed by atoms with Crippen LogP contribution in [0.5, 0.6) is 0 Å². The quantitative estimate of drug-likeness (QED) is 0.372. The van der Waals surface area contributed by atoms with Crippen molar-refractivity contribution in [3.05, 3.63) is 87.7 Å². The number of rotatable bonds is 6. The van der Waals surface area contributed by atoms with Crippen LogP contribution in [0.1, 0.15) is 47.3 Å². The Hall–Kier alpha value is -4.32. The van der Waals surface area contributed by atoms with Gasteiger partial charge in [0.1, 0.15) is 22.9 Å². The molecular weight excluding hydrogens is 532 g/mol. The molecule has 0 saturated heterocycles. The average Bonchev–Trinajstić information content (AvgIpc) is 3.61. The maximum Gasteiger partial charge on any atom is 0.282 e. The maximum atomic E-state index is 15.2. The van der Waals surface area contributed by atoms with Crippen LogP contribution in [-0.4, -0.2) is 34.9 Å². The van der Waals surface area contributed by atoms with E-state index >= 15 is 4.39 Å². The standard InChI is InChI=1S/C27H21F2N3O6S/c28-18-11-20-24(26-16(18)8-9-38-26)23(17-4-2-1-3-5-21(17)33)25(27(35)31-39(36,37)15-6-7-15)32(20)13-14-10-22(34)30-12-19(14)29/h1-2,4,8-12,15H,3,5-7,13H2,(H,30,34)(H,31,35). The fraction of sp³-hybridized carbons (Fsp3) is 0.222. The van der Waals surface area contributed by atoms with Crippen LogP contribution in [-0.2, 0) is 21.4 Å². The van der Waals surface area contributed by atoms with Crippen molar-refractivity contribution < 1.29 is 31.2 Å². The van der Waals surface area contributed by atoms with E-state index in [1.54, 1.807) is 12.2 Å². The third kappa shape index (κ3) is 4.30. The molecule has 39 heavy (non-hydrogen) atoms. The van der Waals surface area contributed by atoms with E-state index in [1.165, 1.54) is 23.0 Å². The molecule has 4 aromatic rings. The summed E-state index contributed by atoms with van der Waals surface area (Å²) < 4.78 is 64.5. The number of nitrogens with zero attached hydrogens (tertiary/aromatic N) is 1. The van der Waals surface area contributed by atoms with Gasteiger partial charge in [0.25, 0.3) is 5.91 Å². The minimum absolute atomic E-state index is 0.0335. The van der Waals surface area contributed by atoms with Gasteiger partial charge in [-0.25, -0.2) is 21.9 Å². The van der Waals surface area contributed by atoms with Gasteiger partial charge in [-0.1, -0.05) is 18.2 Å². The number of furan rings is 1. The second kappa shape index (κ2) is 9.16. The lowest BCUT2D eigenvalue weighted by Gasteiger charge is -2.14. The Labute approximate surface area is 219 Å². The number of aromatic nitrogens is 2. The monoisotopic (exact) mass is 553 g/mol. The van der Waals surface area contributed by atoms with Crippen LogP contribution in [0.2, 0.25) is 0 Å². The summed E-state index contributed by atoms with van der Waals surface area (Å²) in [4.78, 5) is 41.3. The van der Waals surface area contributed by atoms with Gasteiger partial charge in [0.05, 0.1) is 34.3 Å². The van der Waals surface area contributed by atoms with Crippen LogP contribution in [0.15, 0.2) is 58.1 Å². The molecule has 9 nitrogen and oxygen atoms in total. The number of sulfonamides is 1. The third-order valence-corrected chi connectivity index (χ3v) is 8.74. The van der Waals surface area contributed by atoms with Gasteiger partial charge < -0.3 is 14.0 Å². The van der Waals surface area contributed by atoms with E-state index in [1.807, 2.05) is 0 Å². The molecule has 1 fully saturated rings. The molecule has 12 heteroatoms. The second-order valence-corrected chi connectivity index (χ2v) is 11.5. The predicted molar refractivity (Wildman–Crippen MR) is 139 cm³/mol. The molecule has 1 amide bonds. The molecule has 0 spiro atoms. The van der Waals surface area contributed by atoms with Gasteiger partial charge in [-0.15, -0.1) is 0 Å².